The maximum atomic E-state index is 12.9. The highest BCUT2D eigenvalue weighted by Gasteiger charge is 2.31. The highest BCUT2D eigenvalue weighted by molar-refractivity contribution is 6.03. The minimum Gasteiger partial charge on any atom is -0.459 e. The van der Waals surface area contributed by atoms with Gasteiger partial charge in [0.25, 0.3) is 5.91 Å². The van der Waals surface area contributed by atoms with Crippen molar-refractivity contribution in [3.63, 3.8) is 0 Å². The third kappa shape index (κ3) is 4.33. The number of carbonyl (C=O) groups is 2. The molecule has 3 heterocycles. The number of anilines is 3. The van der Waals surface area contributed by atoms with Crippen molar-refractivity contribution in [1.82, 2.24) is 14.9 Å². The number of carbonyl (C=O) groups excluding carboxylic acids is 2. The number of benzene rings is 1. The third-order valence-electron chi connectivity index (χ3n) is 6.22. The van der Waals surface area contributed by atoms with Gasteiger partial charge in [-0.1, -0.05) is 24.6 Å². The molecule has 2 aliphatic rings. The van der Waals surface area contributed by atoms with Crippen molar-refractivity contribution >= 4 is 29.1 Å². The second kappa shape index (κ2) is 8.69. The van der Waals surface area contributed by atoms with Gasteiger partial charge < -0.3 is 19.5 Å². The number of aromatic nitrogens is 2. The van der Waals surface area contributed by atoms with Crippen LogP contribution in [0.2, 0.25) is 0 Å². The van der Waals surface area contributed by atoms with E-state index in [2.05, 4.69) is 17.1 Å². The summed E-state index contributed by atoms with van der Waals surface area (Å²) in [4.78, 5) is 38.9. The van der Waals surface area contributed by atoms with Crippen LogP contribution in [0.3, 0.4) is 0 Å². The van der Waals surface area contributed by atoms with Crippen LogP contribution >= 0.6 is 0 Å². The van der Waals surface area contributed by atoms with Crippen LogP contribution in [0.1, 0.15) is 45.5 Å². The highest BCUT2D eigenvalue weighted by atomic mass is 16.3. The Morgan fingerprint density at radius 2 is 1.82 bits per heavy atom. The molecule has 1 fully saturated rings. The largest absolute Gasteiger partial charge is 0.459 e. The first-order valence-corrected chi connectivity index (χ1v) is 11.3. The van der Waals surface area contributed by atoms with E-state index in [4.69, 9.17) is 14.4 Å². The minimum absolute atomic E-state index is 0.0822. The normalized spacial score (nSPS) is 18.2. The molecule has 8 heteroatoms. The van der Waals surface area contributed by atoms with Crippen LogP contribution in [0.15, 0.2) is 47.1 Å². The Labute approximate surface area is 192 Å². The number of amides is 1. The predicted molar refractivity (Wildman–Crippen MR) is 125 cm³/mol. The molecule has 5 rings (SSSR count). The number of hydrogen-bond donors (Lipinski definition) is 1. The van der Waals surface area contributed by atoms with Crippen LogP contribution in [-0.4, -0.2) is 52.7 Å². The first-order valence-electron chi connectivity index (χ1n) is 11.3. The molecule has 0 saturated carbocycles. The summed E-state index contributed by atoms with van der Waals surface area (Å²) in [6.45, 7) is 6.44. The Balaban J connectivity index is 1.41. The predicted octanol–water partition coefficient (Wildman–Crippen LogP) is 3.85. The van der Waals surface area contributed by atoms with E-state index in [1.165, 1.54) is 6.26 Å². The summed E-state index contributed by atoms with van der Waals surface area (Å²) in [5, 5.41) is 3.35. The molecular weight excluding hydrogens is 418 g/mol. The molecular formula is C25H27N5O3. The summed E-state index contributed by atoms with van der Waals surface area (Å²) in [6, 6.07) is 11.4. The van der Waals surface area contributed by atoms with Crippen LogP contribution in [0.25, 0.3) is 0 Å². The fourth-order valence-electron chi connectivity index (χ4n) is 4.43. The van der Waals surface area contributed by atoms with Gasteiger partial charge >= 0.3 is 0 Å². The SMILES string of the molecule is Cc1ccc(Nc2nc(N3CCN(C(=O)c4ccco4)CC3)nc3c2C(=O)CC(C)C3)cc1. The molecule has 3 aromatic rings. The van der Waals surface area contributed by atoms with Crippen LogP contribution < -0.4 is 10.2 Å². The number of piperazine rings is 1. The summed E-state index contributed by atoms with van der Waals surface area (Å²) in [5.41, 5.74) is 3.45. The van der Waals surface area contributed by atoms with Crippen LogP contribution in [0, 0.1) is 12.8 Å². The number of nitrogens with one attached hydrogen (secondary N) is 1. The number of furan rings is 1. The van der Waals surface area contributed by atoms with E-state index in [1.807, 2.05) is 31.2 Å². The quantitative estimate of drug-likeness (QED) is 0.652. The van der Waals surface area contributed by atoms with Crippen molar-refractivity contribution in [3.8, 4) is 0 Å². The van der Waals surface area contributed by atoms with E-state index in [-0.39, 0.29) is 17.6 Å². The molecule has 0 radical (unpaired) electrons. The molecule has 1 aromatic carbocycles. The Kier molecular flexibility index (Phi) is 5.58. The van der Waals surface area contributed by atoms with Gasteiger partial charge in [-0.15, -0.1) is 0 Å². The lowest BCUT2D eigenvalue weighted by Gasteiger charge is -2.35. The Hall–Kier alpha value is -3.68. The zero-order chi connectivity index (χ0) is 22.9. The van der Waals surface area contributed by atoms with Crippen molar-refractivity contribution in [2.24, 2.45) is 5.92 Å². The molecule has 1 saturated heterocycles. The van der Waals surface area contributed by atoms with Gasteiger partial charge in [0.2, 0.25) is 5.95 Å². The first kappa shape index (κ1) is 21.2. The maximum absolute atomic E-state index is 12.9. The first-order chi connectivity index (χ1) is 16.0. The van der Waals surface area contributed by atoms with Crippen molar-refractivity contribution < 1.29 is 14.0 Å². The van der Waals surface area contributed by atoms with Gasteiger partial charge in [0.15, 0.2) is 11.5 Å². The van der Waals surface area contributed by atoms with Crippen molar-refractivity contribution in [3.05, 3.63) is 65.2 Å². The Morgan fingerprint density at radius 1 is 1.06 bits per heavy atom. The smallest absolute Gasteiger partial charge is 0.289 e. The summed E-state index contributed by atoms with van der Waals surface area (Å²) >= 11 is 0. The van der Waals surface area contributed by atoms with E-state index in [0.717, 1.165) is 23.4 Å². The fourth-order valence-corrected chi connectivity index (χ4v) is 4.43. The Bertz CT molecular complexity index is 1170. The summed E-state index contributed by atoms with van der Waals surface area (Å²) < 4.78 is 5.25. The number of hydrogen-bond acceptors (Lipinski definition) is 7. The Morgan fingerprint density at radius 3 is 2.52 bits per heavy atom. The van der Waals surface area contributed by atoms with Crippen molar-refractivity contribution in [2.75, 3.05) is 36.4 Å². The van der Waals surface area contributed by atoms with E-state index in [9.17, 15) is 9.59 Å². The second-order valence-electron chi connectivity index (χ2n) is 8.88. The summed E-state index contributed by atoms with van der Waals surface area (Å²) in [6.07, 6.45) is 2.76. The third-order valence-corrected chi connectivity index (χ3v) is 6.22. The molecule has 33 heavy (non-hydrogen) atoms. The molecule has 1 aliphatic carbocycles. The molecule has 0 spiro atoms. The summed E-state index contributed by atoms with van der Waals surface area (Å²) in [7, 11) is 0. The maximum Gasteiger partial charge on any atom is 0.289 e. The van der Waals surface area contributed by atoms with Gasteiger partial charge in [0.05, 0.1) is 17.5 Å². The molecule has 170 valence electrons. The molecule has 2 aromatic heterocycles. The zero-order valence-corrected chi connectivity index (χ0v) is 18.9. The lowest BCUT2D eigenvalue weighted by Crippen LogP contribution is -2.49. The monoisotopic (exact) mass is 445 g/mol. The topological polar surface area (TPSA) is 91.6 Å². The summed E-state index contributed by atoms with van der Waals surface area (Å²) in [5.74, 6) is 1.74. The van der Waals surface area contributed by atoms with E-state index in [0.29, 0.717) is 55.7 Å². The van der Waals surface area contributed by atoms with E-state index >= 15 is 0 Å². The number of rotatable bonds is 4. The molecule has 1 atom stereocenters. The number of aryl methyl sites for hydroxylation is 1. The molecule has 1 aliphatic heterocycles. The average Bonchev–Trinajstić information content (AvgIpc) is 3.34. The van der Waals surface area contributed by atoms with Crippen LogP contribution in [0.5, 0.6) is 0 Å². The molecule has 8 nitrogen and oxygen atoms in total. The number of ketones is 1. The number of fused-ring (bicyclic) bond motifs is 1. The van der Waals surface area contributed by atoms with Gasteiger partial charge in [0.1, 0.15) is 5.82 Å². The van der Waals surface area contributed by atoms with Gasteiger partial charge in [-0.05, 0) is 43.5 Å². The van der Waals surface area contributed by atoms with Crippen LogP contribution in [-0.2, 0) is 6.42 Å². The molecule has 1 unspecified atom stereocenters. The lowest BCUT2D eigenvalue weighted by molar-refractivity contribution is 0.0713. The molecule has 0 bridgehead atoms. The molecule has 1 amide bonds. The zero-order valence-electron chi connectivity index (χ0n) is 18.9. The number of nitrogens with zero attached hydrogens (tertiary/aromatic N) is 4. The van der Waals surface area contributed by atoms with Crippen molar-refractivity contribution in [2.45, 2.75) is 26.7 Å². The van der Waals surface area contributed by atoms with Crippen LogP contribution in [0.4, 0.5) is 17.5 Å². The van der Waals surface area contributed by atoms with E-state index < -0.39 is 0 Å². The number of Topliss-reactive ketones (excluding diaryl/α,β-unsaturated/α-hetero) is 1. The second-order valence-corrected chi connectivity index (χ2v) is 8.88. The van der Waals surface area contributed by atoms with E-state index in [1.54, 1.807) is 17.0 Å². The highest BCUT2D eigenvalue weighted by Crippen LogP contribution is 2.32. The standard InChI is InChI=1S/C25H27N5O3/c1-16-5-7-18(8-6-16)26-23-22-19(14-17(2)15-20(22)31)27-25(28-23)30-11-9-29(10-12-30)24(32)21-4-3-13-33-21/h3-8,13,17H,9-12,14-15H2,1-2H3,(H,26,27,28). The fraction of sp³-hybridized carbons (Fsp3) is 0.360. The van der Waals surface area contributed by atoms with Gasteiger partial charge in [0, 0.05) is 38.3 Å². The van der Waals surface area contributed by atoms with Crippen molar-refractivity contribution in [1.29, 1.82) is 0 Å². The lowest BCUT2D eigenvalue weighted by atomic mass is 9.87. The van der Waals surface area contributed by atoms with Gasteiger partial charge in [-0.3, -0.25) is 9.59 Å². The minimum atomic E-state index is -0.104. The van der Waals surface area contributed by atoms with Gasteiger partial charge in [-0.2, -0.15) is 4.98 Å². The average molecular weight is 446 g/mol. The van der Waals surface area contributed by atoms with Gasteiger partial charge in [-0.25, -0.2) is 4.98 Å². The molecule has 1 N–H and O–H groups in total.